The number of nitrogens with zero attached hydrogens (tertiary/aromatic N) is 1. The largest absolute Gasteiger partial charge is 0.326 e. The fourth-order valence-corrected chi connectivity index (χ4v) is 2.42. The fraction of sp³-hybridized carbons (Fsp3) is 1.00. The predicted octanol–water partition coefficient (Wildman–Crippen LogP) is 1.99. The second-order valence-corrected chi connectivity index (χ2v) is 4.47. The molecule has 2 nitrogen and oxygen atoms in total. The third kappa shape index (κ3) is 2.68. The summed E-state index contributed by atoms with van der Waals surface area (Å²) in [4.78, 5) is 2.49. The van der Waals surface area contributed by atoms with Crippen LogP contribution in [0.5, 0.6) is 0 Å². The van der Waals surface area contributed by atoms with Gasteiger partial charge in [-0.2, -0.15) is 0 Å². The van der Waals surface area contributed by atoms with Gasteiger partial charge < -0.3 is 5.73 Å². The fourth-order valence-electron chi connectivity index (χ4n) is 2.42. The molecule has 1 rings (SSSR count). The van der Waals surface area contributed by atoms with Gasteiger partial charge in [0.15, 0.2) is 0 Å². The zero-order chi connectivity index (χ0) is 9.84. The van der Waals surface area contributed by atoms with Gasteiger partial charge in [-0.3, -0.25) is 4.90 Å². The summed E-state index contributed by atoms with van der Waals surface area (Å²) in [6.07, 6.45) is 6.39. The van der Waals surface area contributed by atoms with Crippen molar-refractivity contribution in [2.24, 2.45) is 5.73 Å². The highest BCUT2D eigenvalue weighted by molar-refractivity contribution is 4.88. The molecule has 0 amide bonds. The normalized spacial score (nSPS) is 31.2. The molecule has 1 saturated carbocycles. The van der Waals surface area contributed by atoms with E-state index in [-0.39, 0.29) is 0 Å². The lowest BCUT2D eigenvalue weighted by Gasteiger charge is -2.33. The highest BCUT2D eigenvalue weighted by Crippen LogP contribution is 2.24. The Morgan fingerprint density at radius 2 is 2.15 bits per heavy atom. The van der Waals surface area contributed by atoms with Crippen molar-refractivity contribution in [3.63, 3.8) is 0 Å². The van der Waals surface area contributed by atoms with Gasteiger partial charge in [-0.15, -0.1) is 0 Å². The molecule has 3 unspecified atom stereocenters. The quantitative estimate of drug-likeness (QED) is 0.724. The van der Waals surface area contributed by atoms with Crippen molar-refractivity contribution in [1.29, 1.82) is 0 Å². The minimum absolute atomic E-state index is 0.421. The molecule has 0 radical (unpaired) electrons. The molecule has 1 aliphatic rings. The van der Waals surface area contributed by atoms with Crippen LogP contribution in [0.4, 0.5) is 0 Å². The van der Waals surface area contributed by atoms with Crippen LogP contribution in [-0.4, -0.2) is 30.1 Å². The third-order valence-corrected chi connectivity index (χ3v) is 3.46. The molecule has 1 aliphatic carbocycles. The van der Waals surface area contributed by atoms with Crippen LogP contribution in [0.1, 0.15) is 46.0 Å². The molecule has 3 atom stereocenters. The Kier molecular flexibility index (Phi) is 4.20. The Balaban J connectivity index is 2.40. The van der Waals surface area contributed by atoms with Crippen LogP contribution in [0.25, 0.3) is 0 Å². The van der Waals surface area contributed by atoms with Crippen LogP contribution in [-0.2, 0) is 0 Å². The maximum Gasteiger partial charge on any atom is 0.0246 e. The van der Waals surface area contributed by atoms with E-state index in [0.717, 1.165) is 0 Å². The first kappa shape index (κ1) is 11.0. The van der Waals surface area contributed by atoms with Gasteiger partial charge in [-0.05, 0) is 33.2 Å². The smallest absolute Gasteiger partial charge is 0.0246 e. The van der Waals surface area contributed by atoms with E-state index in [1.54, 1.807) is 0 Å². The molecule has 2 N–H and O–H groups in total. The van der Waals surface area contributed by atoms with E-state index in [1.807, 2.05) is 0 Å². The summed E-state index contributed by atoms with van der Waals surface area (Å²) in [7, 11) is 2.23. The van der Waals surface area contributed by atoms with Crippen molar-refractivity contribution >= 4 is 0 Å². The van der Waals surface area contributed by atoms with Crippen LogP contribution in [0.3, 0.4) is 0 Å². The monoisotopic (exact) mass is 184 g/mol. The van der Waals surface area contributed by atoms with Gasteiger partial charge in [-0.25, -0.2) is 0 Å². The number of nitrogens with two attached hydrogens (primary N) is 1. The lowest BCUT2D eigenvalue weighted by Crippen LogP contribution is -2.46. The number of rotatable bonds is 4. The summed E-state index contributed by atoms with van der Waals surface area (Å²) in [6.45, 7) is 4.56. The van der Waals surface area contributed by atoms with Crippen molar-refractivity contribution in [2.75, 3.05) is 7.05 Å². The molecule has 0 aromatic carbocycles. The molecule has 0 spiro atoms. The zero-order valence-corrected chi connectivity index (χ0v) is 9.29. The Morgan fingerprint density at radius 3 is 2.62 bits per heavy atom. The molecule has 1 fully saturated rings. The molecule has 78 valence electrons. The van der Waals surface area contributed by atoms with Crippen LogP contribution >= 0.6 is 0 Å². The highest BCUT2D eigenvalue weighted by atomic mass is 15.2. The van der Waals surface area contributed by atoms with E-state index >= 15 is 0 Å². The molecule has 0 aromatic heterocycles. The molecule has 0 aromatic rings. The Hall–Kier alpha value is -0.0800. The molecule has 2 heteroatoms. The lowest BCUT2D eigenvalue weighted by molar-refractivity contribution is 0.165. The highest BCUT2D eigenvalue weighted by Gasteiger charge is 2.29. The Labute approximate surface area is 82.5 Å². The standard InChI is InChI=1S/C11H24N2/c1-4-6-9(2)13(3)11-8-5-7-10(11)12/h9-11H,4-8,12H2,1-3H3. The summed E-state index contributed by atoms with van der Waals surface area (Å²) >= 11 is 0. The van der Waals surface area contributed by atoms with E-state index in [1.165, 1.54) is 32.1 Å². The van der Waals surface area contributed by atoms with Crippen molar-refractivity contribution in [1.82, 2.24) is 4.90 Å². The maximum atomic E-state index is 6.07. The van der Waals surface area contributed by atoms with Gasteiger partial charge in [0.05, 0.1) is 0 Å². The molecule has 0 saturated heterocycles. The first-order valence-corrected chi connectivity index (χ1v) is 5.64. The van der Waals surface area contributed by atoms with Gasteiger partial charge in [-0.1, -0.05) is 19.8 Å². The SMILES string of the molecule is CCCC(C)N(C)C1CCCC1N. The second kappa shape index (κ2) is 4.97. The van der Waals surface area contributed by atoms with E-state index in [2.05, 4.69) is 25.8 Å². The molecule has 13 heavy (non-hydrogen) atoms. The summed E-state index contributed by atoms with van der Waals surface area (Å²) in [5, 5.41) is 0. The average Bonchev–Trinajstić information content (AvgIpc) is 2.50. The van der Waals surface area contributed by atoms with Gasteiger partial charge >= 0.3 is 0 Å². The summed E-state index contributed by atoms with van der Waals surface area (Å²) in [5.41, 5.74) is 6.07. The number of likely N-dealkylation sites (N-methyl/N-ethyl adjacent to an activating group) is 1. The van der Waals surface area contributed by atoms with E-state index in [9.17, 15) is 0 Å². The van der Waals surface area contributed by atoms with E-state index < -0.39 is 0 Å². The third-order valence-electron chi connectivity index (χ3n) is 3.46. The average molecular weight is 184 g/mol. The zero-order valence-electron chi connectivity index (χ0n) is 9.29. The van der Waals surface area contributed by atoms with Gasteiger partial charge in [0, 0.05) is 18.1 Å². The molecular weight excluding hydrogens is 160 g/mol. The maximum absolute atomic E-state index is 6.07. The lowest BCUT2D eigenvalue weighted by atomic mass is 10.1. The van der Waals surface area contributed by atoms with Crippen molar-refractivity contribution in [3.05, 3.63) is 0 Å². The van der Waals surface area contributed by atoms with E-state index in [0.29, 0.717) is 18.1 Å². The van der Waals surface area contributed by atoms with E-state index in [4.69, 9.17) is 5.73 Å². The van der Waals surface area contributed by atoms with Gasteiger partial charge in [0.1, 0.15) is 0 Å². The van der Waals surface area contributed by atoms with Crippen LogP contribution in [0.15, 0.2) is 0 Å². The first-order chi connectivity index (χ1) is 6.16. The predicted molar refractivity (Wildman–Crippen MR) is 57.7 cm³/mol. The minimum Gasteiger partial charge on any atom is -0.326 e. The van der Waals surface area contributed by atoms with Crippen molar-refractivity contribution in [3.8, 4) is 0 Å². The number of hydrogen-bond acceptors (Lipinski definition) is 2. The molecule has 0 bridgehead atoms. The first-order valence-electron chi connectivity index (χ1n) is 5.64. The topological polar surface area (TPSA) is 29.3 Å². The summed E-state index contributed by atoms with van der Waals surface area (Å²) in [6, 6.07) is 1.75. The Bertz CT molecular complexity index is 147. The summed E-state index contributed by atoms with van der Waals surface area (Å²) < 4.78 is 0. The summed E-state index contributed by atoms with van der Waals surface area (Å²) in [5.74, 6) is 0. The van der Waals surface area contributed by atoms with Gasteiger partial charge in [0.2, 0.25) is 0 Å². The molecule has 0 heterocycles. The van der Waals surface area contributed by atoms with Crippen LogP contribution < -0.4 is 5.73 Å². The van der Waals surface area contributed by atoms with Crippen LogP contribution in [0, 0.1) is 0 Å². The molecule has 0 aliphatic heterocycles. The second-order valence-electron chi connectivity index (χ2n) is 4.47. The van der Waals surface area contributed by atoms with Crippen molar-refractivity contribution < 1.29 is 0 Å². The number of hydrogen-bond donors (Lipinski definition) is 1. The van der Waals surface area contributed by atoms with Crippen LogP contribution in [0.2, 0.25) is 0 Å². The minimum atomic E-state index is 0.421. The van der Waals surface area contributed by atoms with Crippen molar-refractivity contribution in [2.45, 2.75) is 64.1 Å². The molecular formula is C11H24N2. The Morgan fingerprint density at radius 1 is 1.46 bits per heavy atom. The van der Waals surface area contributed by atoms with Gasteiger partial charge in [0.25, 0.3) is 0 Å².